The van der Waals surface area contributed by atoms with Crippen molar-refractivity contribution < 1.29 is 19.7 Å². The summed E-state index contributed by atoms with van der Waals surface area (Å²) in [6.45, 7) is 4.56. The second-order valence-electron chi connectivity index (χ2n) is 8.00. The quantitative estimate of drug-likeness (QED) is 0.176. The standard InChI is InChI=1S/C28H27N3O4/c1-3-15-35-20-12-9-18(10-13-20)26-17-22(21-7-5-6-8-25(21)29-26)28(34)31-30-24(4-2)23-16-19(32)11-14-27(23)33/h5-14,16-17,32-33H,3-4,15H2,1-2H3,(H,31,34)/b30-24+. The van der Waals surface area contributed by atoms with Gasteiger partial charge in [-0.05, 0) is 67.4 Å². The van der Waals surface area contributed by atoms with Crippen LogP contribution >= 0.6 is 0 Å². The lowest BCUT2D eigenvalue weighted by molar-refractivity contribution is 0.0956. The molecule has 3 aromatic carbocycles. The van der Waals surface area contributed by atoms with Gasteiger partial charge in [0, 0.05) is 16.5 Å². The Balaban J connectivity index is 1.68. The number of aromatic hydroxyl groups is 2. The number of benzene rings is 3. The Bertz CT molecular complexity index is 1380. The molecule has 0 radical (unpaired) electrons. The van der Waals surface area contributed by atoms with Gasteiger partial charge in [0.15, 0.2) is 0 Å². The number of nitrogens with zero attached hydrogens (tertiary/aromatic N) is 2. The zero-order valence-electron chi connectivity index (χ0n) is 19.7. The number of pyridine rings is 1. The molecule has 7 nitrogen and oxygen atoms in total. The average Bonchev–Trinajstić information content (AvgIpc) is 2.89. The molecule has 7 heteroatoms. The number of aromatic nitrogens is 1. The van der Waals surface area contributed by atoms with Crippen LogP contribution in [0.2, 0.25) is 0 Å². The summed E-state index contributed by atoms with van der Waals surface area (Å²) in [4.78, 5) is 18.0. The van der Waals surface area contributed by atoms with Crippen LogP contribution in [0.5, 0.6) is 17.2 Å². The van der Waals surface area contributed by atoms with Crippen molar-refractivity contribution >= 4 is 22.5 Å². The van der Waals surface area contributed by atoms with Gasteiger partial charge < -0.3 is 14.9 Å². The lowest BCUT2D eigenvalue weighted by Gasteiger charge is -2.11. The molecule has 0 aliphatic rings. The highest BCUT2D eigenvalue weighted by Crippen LogP contribution is 2.27. The Hall–Kier alpha value is -4.39. The number of hydrogen-bond donors (Lipinski definition) is 3. The molecule has 35 heavy (non-hydrogen) atoms. The molecule has 0 saturated carbocycles. The third-order valence-electron chi connectivity index (χ3n) is 5.50. The van der Waals surface area contributed by atoms with Crippen LogP contribution in [0.15, 0.2) is 77.9 Å². The highest BCUT2D eigenvalue weighted by molar-refractivity contribution is 6.08. The zero-order chi connectivity index (χ0) is 24.8. The average molecular weight is 470 g/mol. The number of hydrazone groups is 1. The molecule has 4 rings (SSSR count). The van der Waals surface area contributed by atoms with E-state index in [0.717, 1.165) is 17.7 Å². The summed E-state index contributed by atoms with van der Waals surface area (Å²) in [7, 11) is 0. The number of hydrogen-bond acceptors (Lipinski definition) is 6. The van der Waals surface area contributed by atoms with Gasteiger partial charge >= 0.3 is 0 Å². The number of rotatable bonds is 8. The molecule has 0 unspecified atom stereocenters. The molecule has 0 aliphatic carbocycles. The molecule has 0 fully saturated rings. The molecular formula is C28H27N3O4. The maximum atomic E-state index is 13.2. The van der Waals surface area contributed by atoms with Crippen molar-refractivity contribution in [1.82, 2.24) is 10.4 Å². The molecule has 0 saturated heterocycles. The molecule has 4 aromatic rings. The summed E-state index contributed by atoms with van der Waals surface area (Å²) in [6.07, 6.45) is 1.37. The van der Waals surface area contributed by atoms with Crippen LogP contribution in [0.1, 0.15) is 42.6 Å². The Labute approximate surface area is 203 Å². The van der Waals surface area contributed by atoms with E-state index in [1.165, 1.54) is 18.2 Å². The first-order valence-corrected chi connectivity index (χ1v) is 11.5. The van der Waals surface area contributed by atoms with Gasteiger partial charge in [-0.1, -0.05) is 32.0 Å². The highest BCUT2D eigenvalue weighted by atomic mass is 16.5. The zero-order valence-corrected chi connectivity index (χ0v) is 19.7. The smallest absolute Gasteiger partial charge is 0.272 e. The molecule has 1 heterocycles. The number of carbonyl (C=O) groups is 1. The second kappa shape index (κ2) is 10.7. The number of para-hydroxylation sites is 1. The van der Waals surface area contributed by atoms with Crippen molar-refractivity contribution in [2.75, 3.05) is 6.61 Å². The number of carbonyl (C=O) groups excluding carboxylic acids is 1. The lowest BCUT2D eigenvalue weighted by atomic mass is 10.0. The van der Waals surface area contributed by atoms with E-state index in [-0.39, 0.29) is 11.5 Å². The van der Waals surface area contributed by atoms with Gasteiger partial charge in [0.1, 0.15) is 17.2 Å². The Morgan fingerprint density at radius 1 is 0.971 bits per heavy atom. The number of amides is 1. The van der Waals surface area contributed by atoms with Crippen molar-refractivity contribution in [3.05, 3.63) is 83.9 Å². The van der Waals surface area contributed by atoms with Gasteiger partial charge in [-0.25, -0.2) is 10.4 Å². The topological polar surface area (TPSA) is 104 Å². The minimum Gasteiger partial charge on any atom is -0.508 e. The van der Waals surface area contributed by atoms with E-state index in [1.807, 2.05) is 55.5 Å². The van der Waals surface area contributed by atoms with E-state index in [0.29, 0.717) is 46.5 Å². The Morgan fingerprint density at radius 3 is 2.49 bits per heavy atom. The third kappa shape index (κ3) is 5.41. The molecule has 0 spiro atoms. The van der Waals surface area contributed by atoms with Gasteiger partial charge in [-0.2, -0.15) is 5.10 Å². The second-order valence-corrected chi connectivity index (χ2v) is 8.00. The van der Waals surface area contributed by atoms with Crippen LogP contribution in [0.25, 0.3) is 22.2 Å². The van der Waals surface area contributed by atoms with Crippen LogP contribution < -0.4 is 10.2 Å². The fourth-order valence-electron chi connectivity index (χ4n) is 3.72. The van der Waals surface area contributed by atoms with E-state index < -0.39 is 5.91 Å². The third-order valence-corrected chi connectivity index (χ3v) is 5.50. The minimum absolute atomic E-state index is 0.00107. The number of fused-ring (bicyclic) bond motifs is 1. The molecule has 0 aliphatic heterocycles. The van der Waals surface area contributed by atoms with E-state index in [2.05, 4.69) is 17.5 Å². The summed E-state index contributed by atoms with van der Waals surface area (Å²) in [5.74, 6) is 0.353. The molecule has 178 valence electrons. The van der Waals surface area contributed by atoms with E-state index >= 15 is 0 Å². The highest BCUT2D eigenvalue weighted by Gasteiger charge is 2.15. The molecule has 0 bridgehead atoms. The number of ether oxygens (including phenoxy) is 1. The summed E-state index contributed by atoms with van der Waals surface area (Å²) in [5.41, 5.74) is 6.03. The summed E-state index contributed by atoms with van der Waals surface area (Å²) >= 11 is 0. The molecule has 1 amide bonds. The van der Waals surface area contributed by atoms with Gasteiger partial charge in [-0.3, -0.25) is 4.79 Å². The maximum absolute atomic E-state index is 13.2. The number of phenolic OH excluding ortho intramolecular Hbond substituents is 2. The Morgan fingerprint density at radius 2 is 1.74 bits per heavy atom. The van der Waals surface area contributed by atoms with E-state index in [4.69, 9.17) is 9.72 Å². The van der Waals surface area contributed by atoms with Crippen molar-refractivity contribution in [3.63, 3.8) is 0 Å². The van der Waals surface area contributed by atoms with Gasteiger partial charge in [0.25, 0.3) is 5.91 Å². The van der Waals surface area contributed by atoms with Crippen LogP contribution in [0, 0.1) is 0 Å². The first-order chi connectivity index (χ1) is 17.0. The first-order valence-electron chi connectivity index (χ1n) is 11.5. The van der Waals surface area contributed by atoms with Gasteiger partial charge in [-0.15, -0.1) is 0 Å². The predicted octanol–water partition coefficient (Wildman–Crippen LogP) is 5.65. The van der Waals surface area contributed by atoms with Crippen molar-refractivity contribution in [1.29, 1.82) is 0 Å². The van der Waals surface area contributed by atoms with E-state index in [9.17, 15) is 15.0 Å². The molecule has 0 atom stereocenters. The lowest BCUT2D eigenvalue weighted by Crippen LogP contribution is -2.20. The monoisotopic (exact) mass is 469 g/mol. The van der Waals surface area contributed by atoms with Gasteiger partial charge in [0.2, 0.25) is 0 Å². The summed E-state index contributed by atoms with van der Waals surface area (Å²) < 4.78 is 5.66. The SMILES string of the molecule is CCCOc1ccc(-c2cc(C(=O)N/N=C(\CC)c3cc(O)ccc3O)c3ccccc3n2)cc1. The molecular weight excluding hydrogens is 442 g/mol. The first kappa shape index (κ1) is 23.8. The fourth-order valence-corrected chi connectivity index (χ4v) is 3.72. The van der Waals surface area contributed by atoms with Crippen LogP contribution in [0.4, 0.5) is 0 Å². The van der Waals surface area contributed by atoms with Crippen molar-refractivity contribution in [3.8, 4) is 28.5 Å². The van der Waals surface area contributed by atoms with Gasteiger partial charge in [0.05, 0.1) is 29.1 Å². The summed E-state index contributed by atoms with van der Waals surface area (Å²) in [5, 5.41) is 24.9. The fraction of sp³-hybridized carbons (Fsp3) is 0.179. The van der Waals surface area contributed by atoms with Crippen molar-refractivity contribution in [2.24, 2.45) is 5.10 Å². The largest absolute Gasteiger partial charge is 0.508 e. The normalized spacial score (nSPS) is 11.4. The molecule has 1 aromatic heterocycles. The van der Waals surface area contributed by atoms with Crippen LogP contribution in [-0.2, 0) is 0 Å². The van der Waals surface area contributed by atoms with Crippen molar-refractivity contribution in [2.45, 2.75) is 26.7 Å². The summed E-state index contributed by atoms with van der Waals surface area (Å²) in [6, 6.07) is 21.0. The number of nitrogens with one attached hydrogen (secondary N) is 1. The van der Waals surface area contributed by atoms with E-state index in [1.54, 1.807) is 6.07 Å². The predicted molar refractivity (Wildman–Crippen MR) is 137 cm³/mol. The number of phenols is 2. The van der Waals surface area contributed by atoms with Crippen LogP contribution in [0.3, 0.4) is 0 Å². The minimum atomic E-state index is -0.404. The van der Waals surface area contributed by atoms with Crippen LogP contribution in [-0.4, -0.2) is 33.4 Å². The Kier molecular flexibility index (Phi) is 7.26. The molecule has 3 N–H and O–H groups in total. The maximum Gasteiger partial charge on any atom is 0.272 e.